The van der Waals surface area contributed by atoms with Crippen LogP contribution >= 0.6 is 11.6 Å². The Hall–Kier alpha value is -1.35. The third-order valence-corrected chi connectivity index (χ3v) is 5.49. The zero-order chi connectivity index (χ0) is 18.4. The van der Waals surface area contributed by atoms with Gasteiger partial charge in [0, 0.05) is 5.02 Å². The molecule has 1 fully saturated rings. The highest BCUT2D eigenvalue weighted by Gasteiger charge is 2.23. The Bertz CT molecular complexity index is 705. The van der Waals surface area contributed by atoms with E-state index >= 15 is 0 Å². The minimum Gasteiger partial charge on any atom is -0.370 e. The Morgan fingerprint density at radius 2 is 2.04 bits per heavy atom. The SMILES string of the molecule is Cc1ccc(Cl)cc1N(CC(=O)NCC[NH+]1CCOCC1)S(C)(=O)=O. The van der Waals surface area contributed by atoms with Crippen molar-refractivity contribution in [1.82, 2.24) is 5.32 Å². The smallest absolute Gasteiger partial charge is 0.240 e. The van der Waals surface area contributed by atoms with E-state index in [0.29, 0.717) is 17.3 Å². The largest absolute Gasteiger partial charge is 0.370 e. The summed E-state index contributed by atoms with van der Waals surface area (Å²) in [6, 6.07) is 4.98. The first-order valence-corrected chi connectivity index (χ1v) is 10.4. The molecule has 2 N–H and O–H groups in total. The summed E-state index contributed by atoms with van der Waals surface area (Å²) in [6.07, 6.45) is 1.08. The minimum atomic E-state index is -3.61. The van der Waals surface area contributed by atoms with Crippen molar-refractivity contribution in [3.05, 3.63) is 28.8 Å². The molecule has 0 bridgehead atoms. The summed E-state index contributed by atoms with van der Waals surface area (Å²) in [5.41, 5.74) is 1.16. The number of aryl methyl sites for hydroxylation is 1. The molecular formula is C16H25ClN3O4S+. The van der Waals surface area contributed by atoms with E-state index in [0.717, 1.165) is 49.0 Å². The van der Waals surface area contributed by atoms with Gasteiger partial charge in [-0.1, -0.05) is 17.7 Å². The summed E-state index contributed by atoms with van der Waals surface area (Å²) in [6.45, 7) is 6.13. The molecule has 1 aliphatic rings. The van der Waals surface area contributed by atoms with Gasteiger partial charge in [0.05, 0.1) is 38.2 Å². The first kappa shape index (κ1) is 20.0. The number of sulfonamides is 1. The van der Waals surface area contributed by atoms with E-state index in [1.807, 2.05) is 0 Å². The molecule has 0 spiro atoms. The fourth-order valence-electron chi connectivity index (χ4n) is 2.71. The third-order valence-electron chi connectivity index (χ3n) is 4.13. The molecule has 1 heterocycles. The van der Waals surface area contributed by atoms with Crippen LogP contribution < -0.4 is 14.5 Å². The van der Waals surface area contributed by atoms with Crippen LogP contribution in [0.5, 0.6) is 0 Å². The van der Waals surface area contributed by atoms with Crippen LogP contribution in [0.2, 0.25) is 5.02 Å². The number of morpholine rings is 1. The molecule has 1 saturated heterocycles. The molecule has 25 heavy (non-hydrogen) atoms. The third kappa shape index (κ3) is 6.14. The summed E-state index contributed by atoms with van der Waals surface area (Å²) in [5, 5.41) is 3.22. The number of ether oxygens (including phenoxy) is 1. The van der Waals surface area contributed by atoms with Crippen molar-refractivity contribution in [2.45, 2.75) is 6.92 Å². The Labute approximate surface area is 153 Å². The van der Waals surface area contributed by atoms with Gasteiger partial charge in [-0.05, 0) is 24.6 Å². The molecule has 7 nitrogen and oxygen atoms in total. The van der Waals surface area contributed by atoms with Gasteiger partial charge in [-0.15, -0.1) is 0 Å². The number of amides is 1. The van der Waals surface area contributed by atoms with E-state index in [1.54, 1.807) is 25.1 Å². The maximum Gasteiger partial charge on any atom is 0.240 e. The van der Waals surface area contributed by atoms with Crippen molar-refractivity contribution < 1.29 is 22.8 Å². The number of anilines is 1. The molecule has 0 unspecified atom stereocenters. The van der Waals surface area contributed by atoms with Gasteiger partial charge in [0.15, 0.2) is 0 Å². The Kier molecular flexibility index (Phi) is 7.06. The lowest BCUT2D eigenvalue weighted by atomic mass is 10.2. The van der Waals surface area contributed by atoms with Gasteiger partial charge in [0.1, 0.15) is 19.6 Å². The van der Waals surface area contributed by atoms with Gasteiger partial charge in [0.25, 0.3) is 0 Å². The van der Waals surface area contributed by atoms with Crippen LogP contribution in [0.3, 0.4) is 0 Å². The molecule has 2 rings (SSSR count). The van der Waals surface area contributed by atoms with E-state index in [1.165, 1.54) is 4.90 Å². The predicted octanol–water partition coefficient (Wildman–Crippen LogP) is -0.554. The van der Waals surface area contributed by atoms with Crippen LogP contribution in [0, 0.1) is 6.92 Å². The van der Waals surface area contributed by atoms with E-state index in [9.17, 15) is 13.2 Å². The molecule has 1 aliphatic heterocycles. The second kappa shape index (κ2) is 8.84. The number of quaternary nitrogens is 1. The maximum atomic E-state index is 12.2. The number of nitrogens with zero attached hydrogens (tertiary/aromatic N) is 1. The quantitative estimate of drug-likeness (QED) is 0.654. The van der Waals surface area contributed by atoms with Crippen LogP contribution in [-0.2, 0) is 19.6 Å². The van der Waals surface area contributed by atoms with Gasteiger partial charge < -0.3 is 15.0 Å². The Morgan fingerprint density at radius 3 is 2.68 bits per heavy atom. The lowest BCUT2D eigenvalue weighted by molar-refractivity contribution is -0.906. The van der Waals surface area contributed by atoms with E-state index in [4.69, 9.17) is 16.3 Å². The summed E-state index contributed by atoms with van der Waals surface area (Å²) < 4.78 is 30.7. The fraction of sp³-hybridized carbons (Fsp3) is 0.562. The van der Waals surface area contributed by atoms with Gasteiger partial charge in [-0.25, -0.2) is 8.42 Å². The van der Waals surface area contributed by atoms with Gasteiger partial charge in [-0.3, -0.25) is 9.10 Å². The zero-order valence-electron chi connectivity index (χ0n) is 14.5. The second-order valence-corrected chi connectivity index (χ2v) is 8.51. The first-order chi connectivity index (χ1) is 11.8. The van der Waals surface area contributed by atoms with Crippen LogP contribution in [0.15, 0.2) is 18.2 Å². The van der Waals surface area contributed by atoms with Crippen molar-refractivity contribution in [2.24, 2.45) is 0 Å². The number of rotatable bonds is 7. The summed E-state index contributed by atoms with van der Waals surface area (Å²) in [5.74, 6) is -0.336. The predicted molar refractivity (Wildman–Crippen MR) is 97.8 cm³/mol. The molecule has 9 heteroatoms. The monoisotopic (exact) mass is 390 g/mol. The normalized spacial score (nSPS) is 15.8. The summed E-state index contributed by atoms with van der Waals surface area (Å²) in [7, 11) is -3.61. The molecule has 0 atom stereocenters. The standard InChI is InChI=1S/C16H24ClN3O4S/c1-13-3-4-14(17)11-15(13)20(25(2,22)23)12-16(21)18-5-6-19-7-9-24-10-8-19/h3-4,11H,5-10,12H2,1-2H3,(H,18,21)/p+1. The topological polar surface area (TPSA) is 80.2 Å². The fourth-order valence-corrected chi connectivity index (χ4v) is 3.78. The highest BCUT2D eigenvalue weighted by Crippen LogP contribution is 2.26. The highest BCUT2D eigenvalue weighted by molar-refractivity contribution is 7.92. The van der Waals surface area contributed by atoms with Crippen molar-refractivity contribution in [1.29, 1.82) is 0 Å². The number of carbonyl (C=O) groups is 1. The molecule has 0 aliphatic carbocycles. The van der Waals surface area contributed by atoms with Gasteiger partial charge in [-0.2, -0.15) is 0 Å². The Morgan fingerprint density at radius 1 is 1.36 bits per heavy atom. The molecular weight excluding hydrogens is 366 g/mol. The van der Waals surface area contributed by atoms with Crippen molar-refractivity contribution in [2.75, 3.05) is 56.5 Å². The molecule has 140 valence electrons. The molecule has 0 radical (unpaired) electrons. The number of hydrogen-bond acceptors (Lipinski definition) is 4. The lowest BCUT2D eigenvalue weighted by Crippen LogP contribution is -3.14. The number of benzene rings is 1. The average molecular weight is 391 g/mol. The van der Waals surface area contributed by atoms with Gasteiger partial charge in [0.2, 0.25) is 15.9 Å². The van der Waals surface area contributed by atoms with E-state index < -0.39 is 10.0 Å². The minimum absolute atomic E-state index is 0.265. The lowest BCUT2D eigenvalue weighted by Gasteiger charge is -2.25. The van der Waals surface area contributed by atoms with E-state index in [-0.39, 0.29) is 12.5 Å². The Balaban J connectivity index is 1.97. The van der Waals surface area contributed by atoms with E-state index in [2.05, 4.69) is 5.32 Å². The van der Waals surface area contributed by atoms with Crippen LogP contribution in [0.25, 0.3) is 0 Å². The first-order valence-electron chi connectivity index (χ1n) is 8.19. The average Bonchev–Trinajstić information content (AvgIpc) is 2.55. The molecule has 1 aromatic carbocycles. The van der Waals surface area contributed by atoms with Crippen molar-refractivity contribution in [3.8, 4) is 0 Å². The highest BCUT2D eigenvalue weighted by atomic mass is 35.5. The maximum absolute atomic E-state index is 12.2. The molecule has 0 saturated carbocycles. The second-order valence-electron chi connectivity index (χ2n) is 6.16. The van der Waals surface area contributed by atoms with Crippen LogP contribution in [-0.4, -0.2) is 66.5 Å². The van der Waals surface area contributed by atoms with Crippen molar-refractivity contribution >= 4 is 33.2 Å². The number of carbonyl (C=O) groups excluding carboxylic acids is 1. The van der Waals surface area contributed by atoms with Crippen LogP contribution in [0.4, 0.5) is 5.69 Å². The zero-order valence-corrected chi connectivity index (χ0v) is 16.1. The molecule has 1 aromatic rings. The van der Waals surface area contributed by atoms with Gasteiger partial charge >= 0.3 is 0 Å². The van der Waals surface area contributed by atoms with Crippen molar-refractivity contribution in [3.63, 3.8) is 0 Å². The number of hydrogen-bond donors (Lipinski definition) is 2. The number of nitrogens with one attached hydrogen (secondary N) is 2. The molecule has 1 amide bonds. The summed E-state index contributed by atoms with van der Waals surface area (Å²) in [4.78, 5) is 13.6. The molecule has 0 aromatic heterocycles. The number of halogens is 1. The summed E-state index contributed by atoms with van der Waals surface area (Å²) >= 11 is 5.98. The van der Waals surface area contributed by atoms with Crippen LogP contribution in [0.1, 0.15) is 5.56 Å².